The summed E-state index contributed by atoms with van der Waals surface area (Å²) in [6, 6.07) is 13.8. The first kappa shape index (κ1) is 15.3. The molecule has 0 bridgehead atoms. The van der Waals surface area contributed by atoms with Gasteiger partial charge in [-0.3, -0.25) is 0 Å². The smallest absolute Gasteiger partial charge is 0.184 e. The maximum atomic E-state index is 12.7. The number of hydrogen-bond acceptors (Lipinski definition) is 5. The van der Waals surface area contributed by atoms with Crippen LogP contribution in [0.2, 0.25) is 0 Å². The Labute approximate surface area is 125 Å². The van der Waals surface area contributed by atoms with Crippen LogP contribution in [0.25, 0.3) is 0 Å². The fourth-order valence-electron chi connectivity index (χ4n) is 2.06. The summed E-state index contributed by atoms with van der Waals surface area (Å²) in [4.78, 5) is 0.163. The van der Waals surface area contributed by atoms with Gasteiger partial charge in [0.1, 0.15) is 0 Å². The molecule has 5 nitrogen and oxygen atoms in total. The monoisotopic (exact) mass is 305 g/mol. The number of sulfone groups is 1. The average molecular weight is 305 g/mol. The van der Waals surface area contributed by atoms with Crippen LogP contribution in [0.1, 0.15) is 12.5 Å². The van der Waals surface area contributed by atoms with E-state index in [0.29, 0.717) is 17.9 Å². The highest BCUT2D eigenvalue weighted by Gasteiger charge is 2.21. The molecule has 0 saturated heterocycles. The Kier molecular flexibility index (Phi) is 4.50. The normalized spacial score (nSPS) is 11.3. The molecule has 0 radical (unpaired) electrons. The van der Waals surface area contributed by atoms with Gasteiger partial charge in [0.2, 0.25) is 0 Å². The minimum Gasteiger partial charge on any atom is -0.399 e. The Morgan fingerprint density at radius 3 is 2.38 bits per heavy atom. The van der Waals surface area contributed by atoms with Gasteiger partial charge in [-0.15, -0.1) is 0 Å². The Morgan fingerprint density at radius 1 is 1.10 bits per heavy atom. The third-order valence-corrected chi connectivity index (χ3v) is 4.88. The van der Waals surface area contributed by atoms with E-state index in [1.165, 1.54) is 11.1 Å². The predicted molar refractivity (Wildman–Crippen MR) is 85.4 cm³/mol. The molecule has 0 spiro atoms. The van der Waals surface area contributed by atoms with E-state index < -0.39 is 9.84 Å². The van der Waals surface area contributed by atoms with Crippen molar-refractivity contribution in [2.45, 2.75) is 17.6 Å². The van der Waals surface area contributed by atoms with E-state index in [9.17, 15) is 8.42 Å². The lowest BCUT2D eigenvalue weighted by Crippen LogP contribution is -2.31. The van der Waals surface area contributed by atoms with Gasteiger partial charge in [0.05, 0.1) is 16.3 Å². The molecule has 0 aliphatic carbocycles. The largest absolute Gasteiger partial charge is 0.399 e. The lowest BCUT2D eigenvalue weighted by Gasteiger charge is -2.20. The van der Waals surface area contributed by atoms with Crippen LogP contribution >= 0.6 is 0 Å². The molecular weight excluding hydrogens is 286 g/mol. The summed E-state index contributed by atoms with van der Waals surface area (Å²) in [6.45, 7) is 2.35. The van der Waals surface area contributed by atoms with Crippen LogP contribution in [-0.2, 0) is 15.6 Å². The molecule has 0 saturated carbocycles. The number of nitrogens with two attached hydrogens (primary N) is 2. The Bertz CT molecular complexity index is 715. The van der Waals surface area contributed by atoms with Gasteiger partial charge in [-0.1, -0.05) is 30.3 Å². The lowest BCUT2D eigenvalue weighted by atomic mass is 10.2. The number of nitrogen functional groups attached to an aromatic ring is 1. The zero-order valence-corrected chi connectivity index (χ0v) is 12.7. The molecule has 6 heteroatoms. The van der Waals surface area contributed by atoms with Crippen LogP contribution in [0.5, 0.6) is 0 Å². The van der Waals surface area contributed by atoms with E-state index in [1.807, 2.05) is 25.1 Å². The van der Waals surface area contributed by atoms with Crippen molar-refractivity contribution in [3.8, 4) is 0 Å². The zero-order valence-electron chi connectivity index (χ0n) is 11.9. The van der Waals surface area contributed by atoms with Crippen LogP contribution in [-0.4, -0.2) is 15.0 Å². The fourth-order valence-corrected chi connectivity index (χ4v) is 3.67. The molecule has 0 amide bonds. The van der Waals surface area contributed by atoms with Gasteiger partial charge in [-0.25, -0.2) is 14.3 Å². The second-order valence-electron chi connectivity index (χ2n) is 4.76. The van der Waals surface area contributed by atoms with Crippen molar-refractivity contribution in [3.05, 3.63) is 54.1 Å². The number of nitrogens with zero attached hydrogens (tertiary/aromatic N) is 1. The molecular formula is C15H19N3O2S. The summed E-state index contributed by atoms with van der Waals surface area (Å²) >= 11 is 0. The maximum Gasteiger partial charge on any atom is 0.184 e. The van der Waals surface area contributed by atoms with Gasteiger partial charge >= 0.3 is 0 Å². The van der Waals surface area contributed by atoms with Gasteiger partial charge in [0.25, 0.3) is 0 Å². The molecule has 21 heavy (non-hydrogen) atoms. The number of hydrazine groups is 1. The topological polar surface area (TPSA) is 89.4 Å². The molecule has 4 N–H and O–H groups in total. The standard InChI is InChI=1S/C15H19N3O2S/c1-2-18(17)14-9-8-13(16)10-15(14)21(19,20)11-12-6-4-3-5-7-12/h3-10H,2,11,16-17H2,1H3. The zero-order chi connectivity index (χ0) is 15.5. The van der Waals surface area contributed by atoms with E-state index in [1.54, 1.807) is 24.3 Å². The van der Waals surface area contributed by atoms with Crippen molar-refractivity contribution in [3.63, 3.8) is 0 Å². The second kappa shape index (κ2) is 6.15. The highest BCUT2D eigenvalue weighted by Crippen LogP contribution is 2.28. The Hall–Kier alpha value is -2.05. The summed E-state index contributed by atoms with van der Waals surface area (Å²) in [5.41, 5.74) is 7.32. The summed E-state index contributed by atoms with van der Waals surface area (Å²) in [6.07, 6.45) is 0. The van der Waals surface area contributed by atoms with Crippen molar-refractivity contribution in [1.29, 1.82) is 0 Å². The lowest BCUT2D eigenvalue weighted by molar-refractivity contribution is 0.595. The average Bonchev–Trinajstić information content (AvgIpc) is 2.47. The second-order valence-corrected chi connectivity index (χ2v) is 6.72. The minimum atomic E-state index is -3.52. The molecule has 2 rings (SSSR count). The van der Waals surface area contributed by atoms with E-state index >= 15 is 0 Å². The third-order valence-electron chi connectivity index (χ3n) is 3.17. The molecule has 0 heterocycles. The van der Waals surface area contributed by atoms with E-state index in [-0.39, 0.29) is 10.6 Å². The van der Waals surface area contributed by atoms with Gasteiger partial charge in [0, 0.05) is 12.2 Å². The molecule has 0 aliphatic heterocycles. The quantitative estimate of drug-likeness (QED) is 0.500. The summed E-state index contributed by atoms with van der Waals surface area (Å²) < 4.78 is 25.3. The van der Waals surface area contributed by atoms with Gasteiger partial charge < -0.3 is 10.7 Å². The van der Waals surface area contributed by atoms with Crippen molar-refractivity contribution >= 4 is 21.2 Å². The molecule has 0 unspecified atom stereocenters. The first-order valence-corrected chi connectivity index (χ1v) is 8.27. The van der Waals surface area contributed by atoms with Crippen LogP contribution in [0.3, 0.4) is 0 Å². The van der Waals surface area contributed by atoms with E-state index in [4.69, 9.17) is 11.6 Å². The highest BCUT2D eigenvalue weighted by atomic mass is 32.2. The first-order chi connectivity index (χ1) is 9.94. The number of benzene rings is 2. The van der Waals surface area contributed by atoms with Crippen molar-refractivity contribution in [1.82, 2.24) is 0 Å². The maximum absolute atomic E-state index is 12.7. The fraction of sp³-hybridized carbons (Fsp3) is 0.200. The van der Waals surface area contributed by atoms with Crippen molar-refractivity contribution in [2.75, 3.05) is 17.3 Å². The van der Waals surface area contributed by atoms with Gasteiger partial charge in [-0.05, 0) is 30.7 Å². The molecule has 0 aromatic heterocycles. The predicted octanol–water partition coefficient (Wildman–Crippen LogP) is 1.94. The first-order valence-electron chi connectivity index (χ1n) is 6.62. The van der Waals surface area contributed by atoms with Crippen LogP contribution in [0.15, 0.2) is 53.4 Å². The van der Waals surface area contributed by atoms with Crippen LogP contribution in [0.4, 0.5) is 11.4 Å². The number of rotatable bonds is 5. The molecule has 112 valence electrons. The van der Waals surface area contributed by atoms with Crippen LogP contribution < -0.4 is 16.6 Å². The van der Waals surface area contributed by atoms with Gasteiger partial charge in [-0.2, -0.15) is 0 Å². The summed E-state index contributed by atoms with van der Waals surface area (Å²) in [5.74, 6) is 5.78. The summed E-state index contributed by atoms with van der Waals surface area (Å²) in [7, 11) is -3.52. The van der Waals surface area contributed by atoms with Crippen molar-refractivity contribution in [2.24, 2.45) is 5.84 Å². The SMILES string of the molecule is CCN(N)c1ccc(N)cc1S(=O)(=O)Cc1ccccc1. The molecule has 0 fully saturated rings. The van der Waals surface area contributed by atoms with Crippen molar-refractivity contribution < 1.29 is 8.42 Å². The molecule has 2 aromatic carbocycles. The van der Waals surface area contributed by atoms with Gasteiger partial charge in [0.15, 0.2) is 9.84 Å². The van der Waals surface area contributed by atoms with Crippen LogP contribution in [0, 0.1) is 0 Å². The number of hydrogen-bond donors (Lipinski definition) is 2. The third kappa shape index (κ3) is 3.53. The molecule has 0 atom stereocenters. The minimum absolute atomic E-state index is 0.0815. The van der Waals surface area contributed by atoms with E-state index in [0.717, 1.165) is 5.56 Å². The highest BCUT2D eigenvalue weighted by molar-refractivity contribution is 7.90. The molecule has 2 aromatic rings. The van der Waals surface area contributed by atoms with E-state index in [2.05, 4.69) is 0 Å². The summed E-state index contributed by atoms with van der Waals surface area (Å²) in [5, 5.41) is 1.40. The Morgan fingerprint density at radius 2 is 1.76 bits per heavy atom. The number of anilines is 2. The molecule has 0 aliphatic rings. The Balaban J connectivity index is 2.46.